The van der Waals surface area contributed by atoms with Crippen molar-refractivity contribution in [3.8, 4) is 11.4 Å². The number of pyridine rings is 1. The Morgan fingerprint density at radius 3 is 2.81 bits per heavy atom. The van der Waals surface area contributed by atoms with Crippen LogP contribution in [0.2, 0.25) is 0 Å². The van der Waals surface area contributed by atoms with Crippen molar-refractivity contribution in [2.24, 2.45) is 4.99 Å². The second-order valence-corrected chi connectivity index (χ2v) is 7.43. The number of hydrogen-bond donors (Lipinski definition) is 0. The smallest absolute Gasteiger partial charge is 0.214 e. The monoisotopic (exact) mass is 420 g/mol. The van der Waals surface area contributed by atoms with E-state index < -0.39 is 0 Å². The zero-order valence-electron chi connectivity index (χ0n) is 16.9. The van der Waals surface area contributed by atoms with Crippen LogP contribution in [0.1, 0.15) is 17.2 Å². The van der Waals surface area contributed by atoms with Crippen molar-refractivity contribution < 1.29 is 13.7 Å². The maximum Gasteiger partial charge on any atom is 0.214 e. The lowest BCUT2D eigenvalue weighted by molar-refractivity contribution is -0.0633. The number of aliphatic imine (C=N–C) groups is 1. The van der Waals surface area contributed by atoms with E-state index in [4.69, 9.17) is 14.3 Å². The summed E-state index contributed by atoms with van der Waals surface area (Å²) in [6.45, 7) is 1.98. The normalized spacial score (nSPS) is 21.9. The highest BCUT2D eigenvalue weighted by atomic mass is 19.1. The Kier molecular flexibility index (Phi) is 5.27. The van der Waals surface area contributed by atoms with Gasteiger partial charge in [-0.2, -0.15) is 4.98 Å². The molecule has 31 heavy (non-hydrogen) atoms. The molecule has 4 heterocycles. The molecule has 1 unspecified atom stereocenters. The molecule has 2 atom stereocenters. The Hall–Kier alpha value is -3.43. The fourth-order valence-electron chi connectivity index (χ4n) is 3.83. The number of morpholine rings is 1. The first kappa shape index (κ1) is 19.5. The zero-order valence-corrected chi connectivity index (χ0v) is 16.9. The highest BCUT2D eigenvalue weighted by molar-refractivity contribution is 6.09. The molecule has 0 spiro atoms. The van der Waals surface area contributed by atoms with Gasteiger partial charge in [0.05, 0.1) is 24.6 Å². The van der Waals surface area contributed by atoms with Gasteiger partial charge < -0.3 is 14.2 Å². The van der Waals surface area contributed by atoms with Gasteiger partial charge in [0.15, 0.2) is 12.1 Å². The summed E-state index contributed by atoms with van der Waals surface area (Å²) >= 11 is 0. The Bertz CT molecular complexity index is 1100. The minimum atomic E-state index is -0.379. The number of ether oxygens (including phenoxy) is 1. The van der Waals surface area contributed by atoms with E-state index in [1.54, 1.807) is 12.3 Å². The van der Waals surface area contributed by atoms with Crippen LogP contribution in [0.4, 0.5) is 4.39 Å². The lowest BCUT2D eigenvalue weighted by Crippen LogP contribution is -2.50. The average molecular weight is 420 g/mol. The highest BCUT2D eigenvalue weighted by Gasteiger charge is 2.30. The van der Waals surface area contributed by atoms with Crippen molar-refractivity contribution in [1.29, 1.82) is 0 Å². The van der Waals surface area contributed by atoms with Gasteiger partial charge >= 0.3 is 0 Å². The summed E-state index contributed by atoms with van der Waals surface area (Å²) in [6.07, 6.45) is 7.52. The molecule has 1 aromatic carbocycles. The van der Waals surface area contributed by atoms with E-state index in [-0.39, 0.29) is 18.2 Å². The van der Waals surface area contributed by atoms with E-state index in [1.807, 2.05) is 48.5 Å². The van der Waals surface area contributed by atoms with E-state index in [0.29, 0.717) is 30.3 Å². The van der Waals surface area contributed by atoms with Crippen LogP contribution in [0.3, 0.4) is 0 Å². The predicted molar refractivity (Wildman–Crippen MR) is 111 cm³/mol. The van der Waals surface area contributed by atoms with Crippen molar-refractivity contribution >= 4 is 5.71 Å². The Morgan fingerprint density at radius 1 is 1.16 bits per heavy atom. The summed E-state index contributed by atoms with van der Waals surface area (Å²) in [5.41, 5.74) is 3.01. The summed E-state index contributed by atoms with van der Waals surface area (Å²) < 4.78 is 25.1. The largest absolute Gasteiger partial charge is 0.371 e. The quantitative estimate of drug-likeness (QED) is 0.642. The molecule has 1 fully saturated rings. The molecular formula is C22H21FN6O2. The molecule has 0 radical (unpaired) electrons. The number of hydrogen-bond acceptors (Lipinski definition) is 8. The molecular weight excluding hydrogens is 399 g/mol. The van der Waals surface area contributed by atoms with E-state index >= 15 is 0 Å². The lowest BCUT2D eigenvalue weighted by Gasteiger charge is -2.41. The molecule has 2 aliphatic heterocycles. The van der Waals surface area contributed by atoms with Crippen LogP contribution in [0.25, 0.3) is 11.4 Å². The molecule has 2 aliphatic rings. The van der Waals surface area contributed by atoms with E-state index in [1.165, 1.54) is 12.6 Å². The molecule has 2 aromatic heterocycles. The Labute approximate surface area is 178 Å². The second-order valence-electron chi connectivity index (χ2n) is 7.43. The van der Waals surface area contributed by atoms with Gasteiger partial charge in [-0.05, 0) is 17.7 Å². The summed E-state index contributed by atoms with van der Waals surface area (Å²) in [7, 11) is 1.97. The molecule has 8 nitrogen and oxygen atoms in total. The fraction of sp³-hybridized carbons (Fsp3) is 0.273. The first-order chi connectivity index (χ1) is 15.2. The van der Waals surface area contributed by atoms with Gasteiger partial charge in [-0.3, -0.25) is 9.88 Å². The maximum atomic E-state index is 14.2. The SMILES string of the molecule is CN1C=CC(c2ccncc2F)=N[C@H]1N1CCOC(c2ccc(-c3ncon3)cc2)C1. The second kappa shape index (κ2) is 8.37. The van der Waals surface area contributed by atoms with Gasteiger partial charge in [-0.15, -0.1) is 0 Å². The number of aromatic nitrogens is 3. The fourth-order valence-corrected chi connectivity index (χ4v) is 3.83. The van der Waals surface area contributed by atoms with Crippen LogP contribution in [0, 0.1) is 5.82 Å². The number of benzene rings is 1. The number of rotatable bonds is 4. The van der Waals surface area contributed by atoms with Gasteiger partial charge in [0.25, 0.3) is 0 Å². The van der Waals surface area contributed by atoms with Crippen LogP contribution in [0.15, 0.2) is 70.9 Å². The summed E-state index contributed by atoms with van der Waals surface area (Å²) in [4.78, 5) is 17.0. The van der Waals surface area contributed by atoms with Crippen LogP contribution in [-0.4, -0.2) is 63.7 Å². The summed E-state index contributed by atoms with van der Waals surface area (Å²) in [5, 5.41) is 3.87. The van der Waals surface area contributed by atoms with Crippen LogP contribution in [-0.2, 0) is 4.74 Å². The topological polar surface area (TPSA) is 79.9 Å². The first-order valence-electron chi connectivity index (χ1n) is 9.99. The van der Waals surface area contributed by atoms with Crippen molar-refractivity contribution in [2.75, 3.05) is 26.7 Å². The predicted octanol–water partition coefficient (Wildman–Crippen LogP) is 2.88. The lowest BCUT2D eigenvalue weighted by atomic mass is 10.0. The minimum Gasteiger partial charge on any atom is -0.371 e. The number of nitrogens with zero attached hydrogens (tertiary/aromatic N) is 6. The Balaban J connectivity index is 1.35. The number of allylic oxidation sites excluding steroid dienone is 1. The van der Waals surface area contributed by atoms with Crippen LogP contribution < -0.4 is 0 Å². The Morgan fingerprint density at radius 2 is 2.03 bits per heavy atom. The molecule has 0 saturated carbocycles. The first-order valence-corrected chi connectivity index (χ1v) is 9.99. The van der Waals surface area contributed by atoms with E-state index in [9.17, 15) is 4.39 Å². The molecule has 0 N–H and O–H groups in total. The molecule has 9 heteroatoms. The molecule has 0 aliphatic carbocycles. The zero-order chi connectivity index (χ0) is 21.2. The van der Waals surface area contributed by atoms with E-state index in [0.717, 1.165) is 17.7 Å². The van der Waals surface area contributed by atoms with Crippen molar-refractivity contribution in [1.82, 2.24) is 24.9 Å². The standard InChI is InChI=1S/C22H21FN6O2/c1-28-9-7-19(17-6-8-24-12-18(17)23)26-22(28)29-10-11-30-20(13-29)15-2-4-16(5-3-15)21-25-14-31-27-21/h2-9,12,14,20,22H,10-11,13H2,1H3/t20?,22-/m1/s1. The maximum absolute atomic E-state index is 14.2. The van der Waals surface area contributed by atoms with Crippen molar-refractivity contribution in [2.45, 2.75) is 12.4 Å². The molecule has 5 rings (SSSR count). The molecule has 1 saturated heterocycles. The van der Waals surface area contributed by atoms with Crippen molar-refractivity contribution in [3.05, 3.63) is 78.3 Å². The molecule has 3 aromatic rings. The van der Waals surface area contributed by atoms with Crippen LogP contribution in [0.5, 0.6) is 0 Å². The van der Waals surface area contributed by atoms with Crippen molar-refractivity contribution in [3.63, 3.8) is 0 Å². The third kappa shape index (κ3) is 3.97. The summed E-state index contributed by atoms with van der Waals surface area (Å²) in [5.74, 6) is 0.175. The van der Waals surface area contributed by atoms with Gasteiger partial charge in [-0.25, -0.2) is 9.38 Å². The molecule has 158 valence electrons. The molecule has 0 amide bonds. The van der Waals surface area contributed by atoms with Gasteiger partial charge in [0, 0.05) is 43.7 Å². The average Bonchev–Trinajstić information content (AvgIpc) is 3.35. The van der Waals surface area contributed by atoms with Gasteiger partial charge in [0.1, 0.15) is 0 Å². The summed E-state index contributed by atoms with van der Waals surface area (Å²) in [6, 6.07) is 9.60. The van der Waals surface area contributed by atoms with Gasteiger partial charge in [0.2, 0.25) is 12.2 Å². The number of halogens is 1. The highest BCUT2D eigenvalue weighted by Crippen LogP contribution is 2.27. The third-order valence-electron chi connectivity index (χ3n) is 5.46. The third-order valence-corrected chi connectivity index (χ3v) is 5.46. The van der Waals surface area contributed by atoms with Gasteiger partial charge in [-0.1, -0.05) is 29.4 Å². The minimum absolute atomic E-state index is 0.0938. The molecule has 0 bridgehead atoms. The van der Waals surface area contributed by atoms with Crippen LogP contribution >= 0.6 is 0 Å². The van der Waals surface area contributed by atoms with E-state index in [2.05, 4.69) is 20.0 Å².